The monoisotopic (exact) mass is 712 g/mol. The van der Waals surface area contributed by atoms with Crippen LogP contribution in [0.3, 0.4) is 0 Å². The Morgan fingerprint density at radius 1 is 0.857 bits per heavy atom. The highest BCUT2D eigenvalue weighted by molar-refractivity contribution is 7.07. The highest BCUT2D eigenvalue weighted by atomic mass is 35.5. The molecule has 11 heteroatoms. The largest absolute Gasteiger partial charge is 0.488 e. The van der Waals surface area contributed by atoms with Crippen LogP contribution >= 0.6 is 34.5 Å². The molecule has 0 fully saturated rings. The first-order chi connectivity index (χ1) is 23.8. The summed E-state index contributed by atoms with van der Waals surface area (Å²) >= 11 is 13.8. The van der Waals surface area contributed by atoms with Crippen LogP contribution in [-0.2, 0) is 20.9 Å². The summed E-state index contributed by atoms with van der Waals surface area (Å²) in [6, 6.07) is 27.6. The standard InChI is InChI=1S/C38H30Cl2N2O6S/c1-3-46-36(44)26-12-10-23(11-13-26)22-48-30-19-18-29(40)20-27(30)21-31-35(43)42-34(25-14-16-28(39)17-15-25)32(37(45)47-4-2)33(41-38(42)49-31)24-8-6-5-7-9-24/h5-21,34H,3-4,22H2,1-2H3/b31-21-/t34-/m1/s1. The van der Waals surface area contributed by atoms with Crippen LogP contribution in [0, 0.1) is 0 Å². The van der Waals surface area contributed by atoms with E-state index in [4.69, 9.17) is 42.4 Å². The van der Waals surface area contributed by atoms with E-state index in [9.17, 15) is 14.4 Å². The van der Waals surface area contributed by atoms with Crippen molar-refractivity contribution in [1.29, 1.82) is 0 Å². The molecule has 0 N–H and O–H groups in total. The summed E-state index contributed by atoms with van der Waals surface area (Å²) in [6.45, 7) is 4.13. The lowest BCUT2D eigenvalue weighted by Gasteiger charge is -2.25. The van der Waals surface area contributed by atoms with Crippen molar-refractivity contribution in [2.45, 2.75) is 26.5 Å². The fraction of sp³-hybridized carbons (Fsp3) is 0.158. The van der Waals surface area contributed by atoms with Crippen LogP contribution in [-0.4, -0.2) is 29.7 Å². The van der Waals surface area contributed by atoms with Crippen LogP contribution < -0.4 is 19.6 Å². The lowest BCUT2D eigenvalue weighted by atomic mass is 9.93. The number of nitrogens with zero attached hydrogens (tertiary/aromatic N) is 2. The maximum Gasteiger partial charge on any atom is 0.338 e. The van der Waals surface area contributed by atoms with Crippen LogP contribution in [0.5, 0.6) is 5.75 Å². The van der Waals surface area contributed by atoms with Crippen LogP contribution in [0.15, 0.2) is 112 Å². The second-order valence-corrected chi connectivity index (χ2v) is 12.8. The van der Waals surface area contributed by atoms with Gasteiger partial charge < -0.3 is 14.2 Å². The quantitative estimate of drug-likeness (QED) is 0.145. The molecule has 0 radical (unpaired) electrons. The minimum atomic E-state index is -0.836. The number of carbonyl (C=O) groups excluding carboxylic acids is 2. The number of rotatable bonds is 10. The Hall–Kier alpha value is -4.96. The Labute approximate surface area is 296 Å². The van der Waals surface area contributed by atoms with Gasteiger partial charge in [0.15, 0.2) is 4.80 Å². The average Bonchev–Trinajstić information content (AvgIpc) is 3.42. The van der Waals surface area contributed by atoms with Crippen LogP contribution in [0.1, 0.15) is 52.5 Å². The van der Waals surface area contributed by atoms with Gasteiger partial charge in [-0.2, -0.15) is 0 Å². The van der Waals surface area contributed by atoms with Crippen molar-refractivity contribution in [3.63, 3.8) is 0 Å². The number of fused-ring (bicyclic) bond motifs is 1. The molecular formula is C38H30Cl2N2O6S. The molecule has 4 aromatic carbocycles. The molecule has 1 atom stereocenters. The van der Waals surface area contributed by atoms with Gasteiger partial charge in [-0.3, -0.25) is 9.36 Å². The van der Waals surface area contributed by atoms with Gasteiger partial charge in [0.1, 0.15) is 12.4 Å². The molecular weight excluding hydrogens is 683 g/mol. The number of hydrogen-bond acceptors (Lipinski definition) is 8. The van der Waals surface area contributed by atoms with Crippen molar-refractivity contribution >= 4 is 58.3 Å². The molecule has 1 aliphatic heterocycles. The number of aromatic nitrogens is 1. The van der Waals surface area contributed by atoms with E-state index in [1.807, 2.05) is 30.3 Å². The molecule has 49 heavy (non-hydrogen) atoms. The number of hydrogen-bond donors (Lipinski definition) is 0. The molecule has 1 aliphatic rings. The van der Waals surface area contributed by atoms with Crippen molar-refractivity contribution in [3.05, 3.63) is 160 Å². The average molecular weight is 714 g/mol. The maximum atomic E-state index is 14.3. The molecule has 1 aromatic heterocycles. The fourth-order valence-corrected chi connectivity index (χ4v) is 6.72. The van der Waals surface area contributed by atoms with Crippen LogP contribution in [0.25, 0.3) is 11.8 Å². The van der Waals surface area contributed by atoms with Crippen molar-refractivity contribution < 1.29 is 23.8 Å². The molecule has 0 saturated carbocycles. The van der Waals surface area contributed by atoms with E-state index < -0.39 is 12.0 Å². The van der Waals surface area contributed by atoms with E-state index in [2.05, 4.69) is 0 Å². The zero-order chi connectivity index (χ0) is 34.5. The van der Waals surface area contributed by atoms with Gasteiger partial charge in [-0.15, -0.1) is 0 Å². The Kier molecular flexibility index (Phi) is 10.4. The molecule has 6 rings (SSSR count). The normalized spacial score (nSPS) is 14.2. The Balaban J connectivity index is 1.45. The maximum absolute atomic E-state index is 14.3. The Bertz CT molecular complexity index is 2230. The van der Waals surface area contributed by atoms with Gasteiger partial charge in [-0.25, -0.2) is 14.6 Å². The van der Waals surface area contributed by atoms with E-state index in [0.29, 0.717) is 59.7 Å². The predicted octanol–water partition coefficient (Wildman–Crippen LogP) is 7.00. The topological polar surface area (TPSA) is 96.2 Å². The predicted molar refractivity (Wildman–Crippen MR) is 191 cm³/mol. The van der Waals surface area contributed by atoms with E-state index in [1.165, 1.54) is 15.9 Å². The van der Waals surface area contributed by atoms with E-state index in [0.717, 1.165) is 5.56 Å². The van der Waals surface area contributed by atoms with E-state index >= 15 is 0 Å². The number of benzene rings is 4. The molecule has 0 aliphatic carbocycles. The molecule has 8 nitrogen and oxygen atoms in total. The number of thiazole rings is 1. The van der Waals surface area contributed by atoms with Crippen molar-refractivity contribution in [3.8, 4) is 5.75 Å². The SMILES string of the molecule is CCOC(=O)C1=C(c2ccccc2)N=c2s/c(=C\c3cc(Cl)ccc3OCc3ccc(C(=O)OCC)cc3)c(=O)n2[C@@H]1c1ccc(Cl)cc1. The minimum Gasteiger partial charge on any atom is -0.488 e. The van der Waals surface area contributed by atoms with Gasteiger partial charge in [0.2, 0.25) is 0 Å². The smallest absolute Gasteiger partial charge is 0.338 e. The summed E-state index contributed by atoms with van der Waals surface area (Å²) in [7, 11) is 0. The third-order valence-electron chi connectivity index (χ3n) is 7.68. The van der Waals surface area contributed by atoms with Gasteiger partial charge in [0.25, 0.3) is 5.56 Å². The summed E-state index contributed by atoms with van der Waals surface area (Å²) in [4.78, 5) is 45.3. The van der Waals surface area contributed by atoms with E-state index in [-0.39, 0.29) is 30.3 Å². The van der Waals surface area contributed by atoms with Gasteiger partial charge >= 0.3 is 11.9 Å². The number of esters is 2. The second kappa shape index (κ2) is 15.1. The molecule has 0 unspecified atom stereocenters. The summed E-state index contributed by atoms with van der Waals surface area (Å²) in [5.41, 5.74) is 3.56. The van der Waals surface area contributed by atoms with Gasteiger partial charge in [0, 0.05) is 21.2 Å². The minimum absolute atomic E-state index is 0.148. The third-order valence-corrected chi connectivity index (χ3v) is 9.15. The summed E-state index contributed by atoms with van der Waals surface area (Å²) in [6.07, 6.45) is 1.71. The summed E-state index contributed by atoms with van der Waals surface area (Å²) in [5, 5.41) is 0.977. The van der Waals surface area contributed by atoms with Crippen molar-refractivity contribution in [2.24, 2.45) is 4.99 Å². The Morgan fingerprint density at radius 3 is 2.22 bits per heavy atom. The Morgan fingerprint density at radius 2 is 1.53 bits per heavy atom. The van der Waals surface area contributed by atoms with E-state index in [1.54, 1.807) is 86.7 Å². The zero-order valence-corrected chi connectivity index (χ0v) is 28.9. The molecule has 2 heterocycles. The molecule has 248 valence electrons. The first kappa shape index (κ1) is 33.9. The molecule has 5 aromatic rings. The second-order valence-electron chi connectivity index (χ2n) is 10.9. The lowest BCUT2D eigenvalue weighted by Crippen LogP contribution is -2.40. The molecule has 0 saturated heterocycles. The number of carbonyl (C=O) groups is 2. The van der Waals surface area contributed by atoms with Crippen LogP contribution in [0.2, 0.25) is 10.0 Å². The highest BCUT2D eigenvalue weighted by Gasteiger charge is 2.35. The van der Waals surface area contributed by atoms with Crippen molar-refractivity contribution in [2.75, 3.05) is 13.2 Å². The molecule has 0 amide bonds. The molecule has 0 bridgehead atoms. The van der Waals surface area contributed by atoms with Gasteiger partial charge in [-0.05, 0) is 73.5 Å². The highest BCUT2D eigenvalue weighted by Crippen LogP contribution is 2.35. The van der Waals surface area contributed by atoms with Crippen LogP contribution in [0.4, 0.5) is 0 Å². The van der Waals surface area contributed by atoms with Gasteiger partial charge in [0.05, 0.1) is 40.6 Å². The molecule has 0 spiro atoms. The van der Waals surface area contributed by atoms with Crippen molar-refractivity contribution in [1.82, 2.24) is 4.57 Å². The first-order valence-corrected chi connectivity index (χ1v) is 17.1. The lowest BCUT2D eigenvalue weighted by molar-refractivity contribution is -0.138. The fourth-order valence-electron chi connectivity index (χ4n) is 5.42. The zero-order valence-electron chi connectivity index (χ0n) is 26.5. The van der Waals surface area contributed by atoms with Gasteiger partial charge in [-0.1, -0.05) is 89.1 Å². The summed E-state index contributed by atoms with van der Waals surface area (Å²) in [5.74, 6) is -0.462. The number of halogens is 2. The third kappa shape index (κ3) is 7.39. The first-order valence-electron chi connectivity index (χ1n) is 15.5. The number of ether oxygens (including phenoxy) is 3. The summed E-state index contributed by atoms with van der Waals surface area (Å²) < 4.78 is 18.7.